The van der Waals surface area contributed by atoms with Crippen LogP contribution in [0.3, 0.4) is 0 Å². The van der Waals surface area contributed by atoms with Gasteiger partial charge in [0.05, 0.1) is 18.2 Å². The highest BCUT2D eigenvalue weighted by atomic mass is 16.6. The molecule has 0 saturated carbocycles. The molecule has 0 radical (unpaired) electrons. The first-order valence-corrected chi connectivity index (χ1v) is 8.34. The summed E-state index contributed by atoms with van der Waals surface area (Å²) in [6.45, 7) is 4.97. The molecule has 4 heteroatoms. The normalized spacial score (nSPS) is 13.2. The molecule has 0 aliphatic heterocycles. The average Bonchev–Trinajstić information content (AvgIpc) is 2.65. The summed E-state index contributed by atoms with van der Waals surface area (Å²) < 4.78 is 5.43. The van der Waals surface area contributed by atoms with Crippen LogP contribution in [0.5, 0.6) is 0 Å². The first kappa shape index (κ1) is 18.2. The van der Waals surface area contributed by atoms with Gasteiger partial charge in [0.1, 0.15) is 6.61 Å². The van der Waals surface area contributed by atoms with E-state index in [2.05, 4.69) is 19.3 Å². The molecule has 0 bridgehead atoms. The molecule has 2 unspecified atom stereocenters. The Hall–Kier alpha value is -2.17. The van der Waals surface area contributed by atoms with Crippen LogP contribution >= 0.6 is 0 Å². The van der Waals surface area contributed by atoms with Gasteiger partial charge in [-0.15, -0.1) is 0 Å². The number of carbonyl (C=O) groups is 1. The van der Waals surface area contributed by atoms with Crippen molar-refractivity contribution in [1.82, 2.24) is 5.48 Å². The predicted molar refractivity (Wildman–Crippen MR) is 94.3 cm³/mol. The van der Waals surface area contributed by atoms with Crippen molar-refractivity contribution in [2.24, 2.45) is 5.92 Å². The smallest absolute Gasteiger partial charge is 0.338 e. The van der Waals surface area contributed by atoms with E-state index in [1.807, 2.05) is 48.5 Å². The van der Waals surface area contributed by atoms with Gasteiger partial charge in [-0.2, -0.15) is 5.48 Å². The number of hydroxylamine groups is 1. The summed E-state index contributed by atoms with van der Waals surface area (Å²) in [6, 6.07) is 18.9. The Morgan fingerprint density at radius 1 is 1.04 bits per heavy atom. The quantitative estimate of drug-likeness (QED) is 0.559. The number of rotatable bonds is 9. The molecule has 0 spiro atoms. The van der Waals surface area contributed by atoms with Gasteiger partial charge >= 0.3 is 5.97 Å². The van der Waals surface area contributed by atoms with E-state index in [0.717, 1.165) is 12.0 Å². The molecule has 2 aromatic rings. The van der Waals surface area contributed by atoms with Gasteiger partial charge in [-0.3, -0.25) is 4.84 Å². The van der Waals surface area contributed by atoms with Crippen molar-refractivity contribution in [3.8, 4) is 0 Å². The van der Waals surface area contributed by atoms with Crippen LogP contribution in [-0.2, 0) is 16.2 Å². The number of hydrogen-bond acceptors (Lipinski definition) is 4. The fourth-order valence-corrected chi connectivity index (χ4v) is 2.23. The first-order valence-electron chi connectivity index (χ1n) is 8.34. The Morgan fingerprint density at radius 2 is 1.67 bits per heavy atom. The zero-order valence-electron chi connectivity index (χ0n) is 14.3. The second-order valence-corrected chi connectivity index (χ2v) is 5.85. The van der Waals surface area contributed by atoms with E-state index in [1.165, 1.54) is 0 Å². The third-order valence-corrected chi connectivity index (χ3v) is 4.05. The van der Waals surface area contributed by atoms with Crippen LogP contribution in [0.25, 0.3) is 0 Å². The molecule has 2 rings (SSSR count). The number of nitrogens with one attached hydrogen (secondary N) is 1. The fourth-order valence-electron chi connectivity index (χ4n) is 2.23. The molecule has 0 fully saturated rings. The molecule has 1 N–H and O–H groups in total. The Morgan fingerprint density at radius 3 is 2.29 bits per heavy atom. The van der Waals surface area contributed by atoms with Crippen LogP contribution in [0, 0.1) is 5.92 Å². The van der Waals surface area contributed by atoms with Gasteiger partial charge in [0.2, 0.25) is 0 Å². The summed E-state index contributed by atoms with van der Waals surface area (Å²) in [6.07, 6.45) is 0.968. The number of benzene rings is 2. The maximum Gasteiger partial charge on any atom is 0.338 e. The molecule has 24 heavy (non-hydrogen) atoms. The Bertz CT molecular complexity index is 601. The summed E-state index contributed by atoms with van der Waals surface area (Å²) in [5.74, 6) is 0.0121. The number of carbonyl (C=O) groups excluding carboxylic acids is 1. The van der Waals surface area contributed by atoms with Crippen molar-refractivity contribution in [2.45, 2.75) is 32.9 Å². The molecule has 2 aromatic carbocycles. The largest absolute Gasteiger partial charge is 0.460 e. The monoisotopic (exact) mass is 327 g/mol. The minimum atomic E-state index is -0.311. The van der Waals surface area contributed by atoms with E-state index in [-0.39, 0.29) is 18.6 Å². The lowest BCUT2D eigenvalue weighted by Gasteiger charge is -2.23. The van der Waals surface area contributed by atoms with E-state index in [4.69, 9.17) is 9.57 Å². The predicted octanol–water partition coefficient (Wildman–Crippen LogP) is 3.98. The van der Waals surface area contributed by atoms with Crippen molar-refractivity contribution in [3.05, 3.63) is 71.8 Å². The second kappa shape index (κ2) is 9.85. The third-order valence-electron chi connectivity index (χ3n) is 4.05. The highest BCUT2D eigenvalue weighted by Gasteiger charge is 2.18. The van der Waals surface area contributed by atoms with Gasteiger partial charge in [-0.05, 0) is 23.6 Å². The Balaban J connectivity index is 1.83. The summed E-state index contributed by atoms with van der Waals surface area (Å²) in [5, 5.41) is 0. The van der Waals surface area contributed by atoms with Crippen LogP contribution in [0.15, 0.2) is 60.7 Å². The molecule has 0 aliphatic rings. The van der Waals surface area contributed by atoms with Crippen LogP contribution in [0.2, 0.25) is 0 Å². The molecular formula is C20H25NO3. The molecule has 0 aliphatic carbocycles. The van der Waals surface area contributed by atoms with Crippen molar-refractivity contribution < 1.29 is 14.4 Å². The summed E-state index contributed by atoms with van der Waals surface area (Å²) in [7, 11) is 0. The van der Waals surface area contributed by atoms with Crippen LogP contribution in [0.1, 0.15) is 36.2 Å². The molecule has 0 aromatic heterocycles. The third kappa shape index (κ3) is 5.80. The molecule has 0 heterocycles. The summed E-state index contributed by atoms with van der Waals surface area (Å²) in [5.41, 5.74) is 4.70. The van der Waals surface area contributed by atoms with Crippen molar-refractivity contribution >= 4 is 5.97 Å². The highest BCUT2D eigenvalue weighted by molar-refractivity contribution is 5.89. The average molecular weight is 327 g/mol. The maximum absolute atomic E-state index is 12.1. The molecule has 0 amide bonds. The van der Waals surface area contributed by atoms with E-state index >= 15 is 0 Å². The minimum absolute atomic E-state index is 0.0497. The van der Waals surface area contributed by atoms with E-state index in [1.54, 1.807) is 12.1 Å². The SMILES string of the molecule is CCC(C)C(COC(=O)c1ccccc1)NOCc1ccccc1. The van der Waals surface area contributed by atoms with Crippen molar-refractivity contribution in [2.75, 3.05) is 6.61 Å². The van der Waals surface area contributed by atoms with Gasteiger partial charge in [0.15, 0.2) is 0 Å². The zero-order valence-corrected chi connectivity index (χ0v) is 14.3. The lowest BCUT2D eigenvalue weighted by atomic mass is 10.0. The number of ether oxygens (including phenoxy) is 1. The van der Waals surface area contributed by atoms with Gasteiger partial charge in [0, 0.05) is 0 Å². The second-order valence-electron chi connectivity index (χ2n) is 5.85. The Kier molecular flexibility index (Phi) is 7.46. The summed E-state index contributed by atoms with van der Waals surface area (Å²) >= 11 is 0. The van der Waals surface area contributed by atoms with Gasteiger partial charge in [0.25, 0.3) is 0 Å². The van der Waals surface area contributed by atoms with Crippen LogP contribution < -0.4 is 5.48 Å². The van der Waals surface area contributed by atoms with E-state index < -0.39 is 0 Å². The van der Waals surface area contributed by atoms with Crippen molar-refractivity contribution in [3.63, 3.8) is 0 Å². The van der Waals surface area contributed by atoms with Gasteiger partial charge < -0.3 is 4.74 Å². The first-order chi connectivity index (χ1) is 11.7. The maximum atomic E-state index is 12.1. The van der Waals surface area contributed by atoms with Crippen LogP contribution in [-0.4, -0.2) is 18.6 Å². The van der Waals surface area contributed by atoms with Crippen molar-refractivity contribution in [1.29, 1.82) is 0 Å². The standard InChI is InChI=1S/C20H25NO3/c1-3-16(2)19(21-24-14-17-10-6-4-7-11-17)15-23-20(22)18-12-8-5-9-13-18/h4-13,16,19,21H,3,14-15H2,1-2H3. The molecule has 2 atom stereocenters. The van der Waals surface area contributed by atoms with E-state index in [0.29, 0.717) is 18.1 Å². The highest BCUT2D eigenvalue weighted by Crippen LogP contribution is 2.10. The molecule has 0 saturated heterocycles. The van der Waals surface area contributed by atoms with Gasteiger partial charge in [-0.1, -0.05) is 68.8 Å². The minimum Gasteiger partial charge on any atom is -0.460 e. The molecular weight excluding hydrogens is 302 g/mol. The number of hydrogen-bond donors (Lipinski definition) is 1. The lowest BCUT2D eigenvalue weighted by molar-refractivity contribution is -0.0299. The number of esters is 1. The molecule has 128 valence electrons. The zero-order chi connectivity index (χ0) is 17.2. The van der Waals surface area contributed by atoms with Crippen LogP contribution in [0.4, 0.5) is 0 Å². The lowest BCUT2D eigenvalue weighted by Crippen LogP contribution is -2.39. The van der Waals surface area contributed by atoms with Gasteiger partial charge in [-0.25, -0.2) is 4.79 Å². The Labute approximate surface area is 143 Å². The topological polar surface area (TPSA) is 47.6 Å². The fraction of sp³-hybridized carbons (Fsp3) is 0.350. The van der Waals surface area contributed by atoms with E-state index in [9.17, 15) is 4.79 Å². The molecule has 4 nitrogen and oxygen atoms in total. The summed E-state index contributed by atoms with van der Waals surface area (Å²) in [4.78, 5) is 17.7.